The molecular weight excluding hydrogens is 507 g/mol. The molecule has 38 heavy (non-hydrogen) atoms. The van der Waals surface area contributed by atoms with Gasteiger partial charge in [0.15, 0.2) is 11.6 Å². The number of allylic oxidation sites excluding steroid dienone is 1. The molecule has 210 valence electrons. The van der Waals surface area contributed by atoms with Crippen LogP contribution in [0.3, 0.4) is 0 Å². The Morgan fingerprint density at radius 2 is 1.92 bits per heavy atom. The average Bonchev–Trinajstić information content (AvgIpc) is 3.37. The van der Waals surface area contributed by atoms with Gasteiger partial charge in [-0.1, -0.05) is 18.2 Å². The van der Waals surface area contributed by atoms with Crippen LogP contribution in [0.25, 0.3) is 0 Å². The van der Waals surface area contributed by atoms with Gasteiger partial charge in [0.2, 0.25) is 12.0 Å². The van der Waals surface area contributed by atoms with Gasteiger partial charge >= 0.3 is 17.9 Å². The molecule has 2 fully saturated rings. The summed E-state index contributed by atoms with van der Waals surface area (Å²) in [4.78, 5) is 36.0. The Balaban J connectivity index is 1.51. The molecule has 0 heterocycles. The third kappa shape index (κ3) is 7.80. The number of benzene rings is 1. The Labute approximate surface area is 219 Å². The normalized spacial score (nSPS) is 26.3. The van der Waals surface area contributed by atoms with Gasteiger partial charge in [-0.3, -0.25) is 9.59 Å². The number of nitrogens with two attached hydrogens (primary N) is 1. The van der Waals surface area contributed by atoms with E-state index in [1.54, 1.807) is 0 Å². The van der Waals surface area contributed by atoms with E-state index in [-0.39, 0.29) is 25.0 Å². The molecule has 6 atom stereocenters. The Bertz CT molecular complexity index is 1050. The van der Waals surface area contributed by atoms with Crippen LogP contribution in [0.5, 0.6) is 0 Å². The Morgan fingerprint density at radius 3 is 2.55 bits per heavy atom. The lowest BCUT2D eigenvalue weighted by atomic mass is 9.83. The molecule has 2 aliphatic rings. The molecule has 0 bridgehead atoms. The first kappa shape index (κ1) is 29.6. The summed E-state index contributed by atoms with van der Waals surface area (Å²) in [5.74, 6) is -5.95. The van der Waals surface area contributed by atoms with Crippen molar-refractivity contribution in [3.8, 4) is 0 Å². The van der Waals surface area contributed by atoms with Crippen LogP contribution in [0.15, 0.2) is 30.4 Å². The Morgan fingerprint density at radius 1 is 1.21 bits per heavy atom. The molecule has 1 aromatic carbocycles. The summed E-state index contributed by atoms with van der Waals surface area (Å²) in [5, 5.41) is 9.14. The first-order valence-electron chi connectivity index (χ1n) is 12.7. The molecule has 0 aliphatic heterocycles. The molecule has 8 nitrogen and oxygen atoms in total. The van der Waals surface area contributed by atoms with E-state index < -0.39 is 66.0 Å². The number of hydrogen-bond donors (Lipinski definition) is 2. The van der Waals surface area contributed by atoms with Crippen LogP contribution in [0.1, 0.15) is 63.9 Å². The first-order chi connectivity index (χ1) is 17.9. The summed E-state index contributed by atoms with van der Waals surface area (Å²) in [7, 11) is 0. The van der Waals surface area contributed by atoms with E-state index in [0.29, 0.717) is 12.3 Å². The summed E-state index contributed by atoms with van der Waals surface area (Å²) >= 11 is 0. The molecule has 0 spiro atoms. The largest absolute Gasteiger partial charge is 0.479 e. The summed E-state index contributed by atoms with van der Waals surface area (Å²) < 4.78 is 57.2. The van der Waals surface area contributed by atoms with Crippen LogP contribution >= 0.6 is 0 Å². The van der Waals surface area contributed by atoms with Crippen molar-refractivity contribution in [2.24, 2.45) is 17.6 Å². The second kappa shape index (κ2) is 12.8. The van der Waals surface area contributed by atoms with Crippen LogP contribution in [0, 0.1) is 23.5 Å². The molecule has 0 saturated heterocycles. The van der Waals surface area contributed by atoms with E-state index in [1.807, 2.05) is 0 Å². The van der Waals surface area contributed by atoms with Crippen molar-refractivity contribution < 1.29 is 46.9 Å². The monoisotopic (exact) mass is 541 g/mol. The molecule has 0 aromatic heterocycles. The Kier molecular flexibility index (Phi) is 9.94. The zero-order chi connectivity index (χ0) is 28.0. The second-order valence-corrected chi connectivity index (χ2v) is 10.1. The topological polar surface area (TPSA) is 125 Å². The van der Waals surface area contributed by atoms with Gasteiger partial charge in [-0.05, 0) is 62.1 Å². The van der Waals surface area contributed by atoms with E-state index in [4.69, 9.17) is 25.1 Å². The van der Waals surface area contributed by atoms with Crippen LogP contribution in [0.4, 0.5) is 13.2 Å². The SMILES string of the molecule is C=C1CCCC(CCC(=O)OC(C)OC(=O)CC(CC2C(N)C2(F)C(=O)O)OCc2ccc(F)c(F)c2)C1. The summed E-state index contributed by atoms with van der Waals surface area (Å²) in [6.45, 7) is 5.12. The standard InChI is InChI=1S/C27H34F3NO7/c1-15-4-3-5-17(10-15)7-9-23(32)37-16(2)38-24(33)13-19(12-20-25(31)27(20,30)26(34)35)36-14-18-6-8-21(28)22(29)11-18/h6,8,11,16-17,19-20,25H,1,3-5,7,9-10,12-14,31H2,2H3,(H,34,35). The van der Waals surface area contributed by atoms with Crippen molar-refractivity contribution >= 4 is 17.9 Å². The third-order valence-electron chi connectivity index (χ3n) is 7.13. The summed E-state index contributed by atoms with van der Waals surface area (Å²) in [6.07, 6.45) is 1.88. The number of hydrogen-bond acceptors (Lipinski definition) is 7. The van der Waals surface area contributed by atoms with Gasteiger partial charge < -0.3 is 25.1 Å². The number of carboxylic acids is 1. The molecule has 1 aromatic rings. The van der Waals surface area contributed by atoms with Gasteiger partial charge in [-0.2, -0.15) is 0 Å². The quantitative estimate of drug-likeness (QED) is 0.215. The van der Waals surface area contributed by atoms with Gasteiger partial charge in [0.1, 0.15) is 0 Å². The fourth-order valence-corrected chi connectivity index (χ4v) is 4.92. The summed E-state index contributed by atoms with van der Waals surface area (Å²) in [5.41, 5.74) is 4.39. The maximum Gasteiger partial charge on any atom is 0.343 e. The number of halogens is 3. The minimum atomic E-state index is -2.65. The van der Waals surface area contributed by atoms with Crippen LogP contribution in [-0.2, 0) is 35.2 Å². The minimum absolute atomic E-state index is 0.174. The van der Waals surface area contributed by atoms with Crippen molar-refractivity contribution in [1.82, 2.24) is 0 Å². The number of carbonyl (C=O) groups is 3. The second-order valence-electron chi connectivity index (χ2n) is 10.1. The maximum absolute atomic E-state index is 14.6. The van der Waals surface area contributed by atoms with E-state index in [9.17, 15) is 27.6 Å². The average molecular weight is 542 g/mol. The number of alkyl halides is 1. The highest BCUT2D eigenvalue weighted by atomic mass is 19.2. The zero-order valence-corrected chi connectivity index (χ0v) is 21.3. The lowest BCUT2D eigenvalue weighted by molar-refractivity contribution is -0.186. The van der Waals surface area contributed by atoms with Crippen molar-refractivity contribution in [3.05, 3.63) is 47.5 Å². The lowest BCUT2D eigenvalue weighted by Crippen LogP contribution is -2.27. The van der Waals surface area contributed by atoms with E-state index in [0.717, 1.165) is 37.8 Å². The highest BCUT2D eigenvalue weighted by molar-refractivity contribution is 5.84. The number of ether oxygens (including phenoxy) is 3. The van der Waals surface area contributed by atoms with Gasteiger partial charge in [-0.15, -0.1) is 0 Å². The van der Waals surface area contributed by atoms with Crippen LogP contribution < -0.4 is 5.73 Å². The molecular formula is C27H34F3NO7. The highest BCUT2D eigenvalue weighted by Crippen LogP contribution is 2.49. The Hall–Kier alpha value is -2.92. The number of carboxylic acid groups (broad SMARTS) is 1. The predicted molar refractivity (Wildman–Crippen MR) is 129 cm³/mol. The molecule has 0 amide bonds. The van der Waals surface area contributed by atoms with Crippen LogP contribution in [0.2, 0.25) is 0 Å². The molecule has 3 N–H and O–H groups in total. The predicted octanol–water partition coefficient (Wildman–Crippen LogP) is 4.34. The molecule has 0 radical (unpaired) electrons. The molecule has 11 heteroatoms. The van der Waals surface area contributed by atoms with Gasteiger partial charge in [0.25, 0.3) is 0 Å². The number of rotatable bonds is 13. The van der Waals surface area contributed by atoms with Gasteiger partial charge in [0.05, 0.1) is 25.2 Å². The molecule has 6 unspecified atom stereocenters. The van der Waals surface area contributed by atoms with Gasteiger partial charge in [0, 0.05) is 19.3 Å². The smallest absolute Gasteiger partial charge is 0.343 e. The number of aliphatic carboxylic acids is 1. The fourth-order valence-electron chi connectivity index (χ4n) is 4.92. The summed E-state index contributed by atoms with van der Waals surface area (Å²) in [6, 6.07) is 1.81. The van der Waals surface area contributed by atoms with E-state index in [1.165, 1.54) is 18.6 Å². The van der Waals surface area contributed by atoms with Crippen molar-refractivity contribution in [3.63, 3.8) is 0 Å². The third-order valence-corrected chi connectivity index (χ3v) is 7.13. The van der Waals surface area contributed by atoms with Crippen molar-refractivity contribution in [1.29, 1.82) is 0 Å². The molecule has 2 aliphatic carbocycles. The van der Waals surface area contributed by atoms with Gasteiger partial charge in [-0.25, -0.2) is 18.0 Å². The van der Waals surface area contributed by atoms with Crippen molar-refractivity contribution in [2.75, 3.05) is 0 Å². The highest BCUT2D eigenvalue weighted by Gasteiger charge is 2.70. The zero-order valence-electron chi connectivity index (χ0n) is 21.3. The number of esters is 2. The van der Waals surface area contributed by atoms with Crippen molar-refractivity contribution in [2.45, 2.75) is 89.0 Å². The molecule has 3 rings (SSSR count). The van der Waals surface area contributed by atoms with Crippen LogP contribution in [-0.4, -0.2) is 47.1 Å². The molecule has 2 saturated carbocycles. The fraction of sp³-hybridized carbons (Fsp3) is 0.593. The lowest BCUT2D eigenvalue weighted by Gasteiger charge is -2.23. The minimum Gasteiger partial charge on any atom is -0.479 e. The number of carbonyl (C=O) groups excluding carboxylic acids is 2. The maximum atomic E-state index is 14.6. The van der Waals surface area contributed by atoms with E-state index >= 15 is 0 Å². The van der Waals surface area contributed by atoms with E-state index in [2.05, 4.69) is 6.58 Å². The first-order valence-corrected chi connectivity index (χ1v) is 12.7.